The summed E-state index contributed by atoms with van der Waals surface area (Å²) >= 11 is 0. The van der Waals surface area contributed by atoms with Crippen molar-refractivity contribution >= 4 is 5.97 Å². The average molecular weight is 245 g/mol. The van der Waals surface area contributed by atoms with Gasteiger partial charge in [0.1, 0.15) is 17.9 Å². The molecule has 0 fully saturated rings. The van der Waals surface area contributed by atoms with Crippen LogP contribution in [0.2, 0.25) is 0 Å². The molecule has 0 aliphatic carbocycles. The summed E-state index contributed by atoms with van der Waals surface area (Å²) in [5.74, 6) is -5.20. The molecule has 0 amide bonds. The molecule has 0 spiro atoms. The summed E-state index contributed by atoms with van der Waals surface area (Å²) in [4.78, 5) is 10.5. The van der Waals surface area contributed by atoms with Crippen LogP contribution in [0.1, 0.15) is 11.7 Å². The molecule has 8 N–H and O–H groups in total. The Morgan fingerprint density at radius 1 is 1.12 bits per heavy atom. The second kappa shape index (κ2) is 4.36. The third-order valence-electron chi connectivity index (χ3n) is 2.19. The lowest BCUT2D eigenvalue weighted by atomic mass is 10.00. The fourth-order valence-electron chi connectivity index (χ4n) is 1.25. The first kappa shape index (κ1) is 12.9. The summed E-state index contributed by atoms with van der Waals surface area (Å²) in [7, 11) is 0. The van der Waals surface area contributed by atoms with Gasteiger partial charge in [-0.3, -0.25) is 4.79 Å². The van der Waals surface area contributed by atoms with Crippen molar-refractivity contribution in [2.45, 2.75) is 12.1 Å². The number of carboxylic acid groups (broad SMARTS) is 1. The Hall–Kier alpha value is -2.19. The third kappa shape index (κ3) is 2.17. The number of carboxylic acids is 1. The van der Waals surface area contributed by atoms with Gasteiger partial charge in [0, 0.05) is 6.07 Å². The van der Waals surface area contributed by atoms with Gasteiger partial charge in [0.2, 0.25) is 5.75 Å². The number of carbonyl (C=O) groups is 1. The summed E-state index contributed by atoms with van der Waals surface area (Å²) in [5, 5.41) is 55.0. The SMILES string of the molecule is NC(C(=O)O)C(O)c1c(O)cc(O)c(O)c1O. The quantitative estimate of drug-likeness (QED) is 0.262. The van der Waals surface area contributed by atoms with Crippen LogP contribution in [-0.2, 0) is 4.79 Å². The first-order chi connectivity index (χ1) is 7.77. The van der Waals surface area contributed by atoms with E-state index in [9.17, 15) is 25.2 Å². The summed E-state index contributed by atoms with van der Waals surface area (Å²) in [5.41, 5.74) is 4.43. The predicted molar refractivity (Wildman–Crippen MR) is 53.7 cm³/mol. The lowest BCUT2D eigenvalue weighted by Gasteiger charge is -2.18. The monoisotopic (exact) mass is 245 g/mol. The minimum atomic E-state index is -1.95. The van der Waals surface area contributed by atoms with Gasteiger partial charge in [-0.1, -0.05) is 0 Å². The molecule has 0 saturated carbocycles. The summed E-state index contributed by atoms with van der Waals surface area (Å²) in [6.07, 6.45) is -1.95. The van der Waals surface area contributed by atoms with E-state index in [1.807, 2.05) is 0 Å². The van der Waals surface area contributed by atoms with E-state index < -0.39 is 46.7 Å². The van der Waals surface area contributed by atoms with Crippen LogP contribution in [0.5, 0.6) is 23.0 Å². The van der Waals surface area contributed by atoms with Gasteiger partial charge >= 0.3 is 5.97 Å². The molecule has 1 aromatic rings. The van der Waals surface area contributed by atoms with Crippen LogP contribution in [0.4, 0.5) is 0 Å². The van der Waals surface area contributed by atoms with E-state index in [4.69, 9.17) is 15.9 Å². The van der Waals surface area contributed by atoms with Crippen LogP contribution in [-0.4, -0.2) is 42.7 Å². The van der Waals surface area contributed by atoms with Gasteiger partial charge in [-0.25, -0.2) is 0 Å². The number of hydrogen-bond donors (Lipinski definition) is 7. The van der Waals surface area contributed by atoms with E-state index in [1.165, 1.54) is 0 Å². The molecule has 2 atom stereocenters. The fourth-order valence-corrected chi connectivity index (χ4v) is 1.25. The van der Waals surface area contributed by atoms with Crippen LogP contribution >= 0.6 is 0 Å². The van der Waals surface area contributed by atoms with Crippen molar-refractivity contribution in [1.29, 1.82) is 0 Å². The molecule has 0 aliphatic rings. The van der Waals surface area contributed by atoms with E-state index in [-0.39, 0.29) is 0 Å². The summed E-state index contributed by atoms with van der Waals surface area (Å²) in [6.45, 7) is 0. The molecular formula is C9H11NO7. The van der Waals surface area contributed by atoms with Crippen LogP contribution in [0.15, 0.2) is 6.07 Å². The highest BCUT2D eigenvalue weighted by Crippen LogP contribution is 2.45. The number of phenols is 4. The van der Waals surface area contributed by atoms with E-state index in [1.54, 1.807) is 0 Å². The number of aliphatic hydroxyl groups is 1. The highest BCUT2D eigenvalue weighted by molar-refractivity contribution is 5.75. The number of benzene rings is 1. The van der Waals surface area contributed by atoms with Crippen LogP contribution in [0.25, 0.3) is 0 Å². The standard InChI is InChI=1S/C9H11NO7/c10-5(9(16)17)7(14)4-2(11)1-3(12)6(13)8(4)15/h1,5,7,11-15H,10H2,(H,16,17). The molecule has 1 aromatic carbocycles. The van der Waals surface area contributed by atoms with E-state index >= 15 is 0 Å². The maximum absolute atomic E-state index is 10.5. The van der Waals surface area contributed by atoms with Crippen LogP contribution in [0.3, 0.4) is 0 Å². The molecule has 0 aliphatic heterocycles. The zero-order valence-electron chi connectivity index (χ0n) is 8.40. The lowest BCUT2D eigenvalue weighted by Crippen LogP contribution is -2.36. The zero-order chi connectivity index (χ0) is 13.3. The van der Waals surface area contributed by atoms with Crippen molar-refractivity contribution in [3.63, 3.8) is 0 Å². The lowest BCUT2D eigenvalue weighted by molar-refractivity contribution is -0.141. The molecule has 94 valence electrons. The molecule has 0 bridgehead atoms. The van der Waals surface area contributed by atoms with E-state index in [0.29, 0.717) is 6.07 Å². The van der Waals surface area contributed by atoms with Crippen LogP contribution < -0.4 is 5.73 Å². The average Bonchev–Trinajstić information content (AvgIpc) is 2.24. The van der Waals surface area contributed by atoms with Crippen molar-refractivity contribution in [2.24, 2.45) is 5.73 Å². The minimum absolute atomic E-state index is 0.641. The third-order valence-corrected chi connectivity index (χ3v) is 2.19. The molecule has 8 heteroatoms. The highest BCUT2D eigenvalue weighted by atomic mass is 16.4. The summed E-state index contributed by atoms with van der Waals surface area (Å²) < 4.78 is 0. The second-order valence-electron chi connectivity index (χ2n) is 3.33. The van der Waals surface area contributed by atoms with E-state index in [0.717, 1.165) is 0 Å². The predicted octanol–water partition coefficient (Wildman–Crippen LogP) is -1.05. The number of aliphatic carboxylic acids is 1. The van der Waals surface area contributed by atoms with Gasteiger partial charge in [0.15, 0.2) is 11.5 Å². The van der Waals surface area contributed by atoms with E-state index in [2.05, 4.69) is 0 Å². The highest BCUT2D eigenvalue weighted by Gasteiger charge is 2.30. The molecule has 1 rings (SSSR count). The first-order valence-electron chi connectivity index (χ1n) is 4.40. The van der Waals surface area contributed by atoms with Gasteiger partial charge < -0.3 is 36.4 Å². The number of aliphatic hydroxyl groups excluding tert-OH is 1. The van der Waals surface area contributed by atoms with Gasteiger partial charge in [-0.05, 0) is 0 Å². The molecule has 8 nitrogen and oxygen atoms in total. The molecule has 0 heterocycles. The number of rotatable bonds is 3. The Morgan fingerprint density at radius 2 is 1.65 bits per heavy atom. The number of hydrogen-bond acceptors (Lipinski definition) is 7. The second-order valence-corrected chi connectivity index (χ2v) is 3.33. The molecular weight excluding hydrogens is 234 g/mol. The Morgan fingerprint density at radius 3 is 2.12 bits per heavy atom. The van der Waals surface area contributed by atoms with Crippen molar-refractivity contribution in [2.75, 3.05) is 0 Å². The topological polar surface area (TPSA) is 164 Å². The van der Waals surface area contributed by atoms with Gasteiger partial charge in [0.25, 0.3) is 0 Å². The van der Waals surface area contributed by atoms with Crippen molar-refractivity contribution in [1.82, 2.24) is 0 Å². The Kier molecular flexibility index (Phi) is 3.30. The maximum Gasteiger partial charge on any atom is 0.323 e. The van der Waals surface area contributed by atoms with Gasteiger partial charge in [-0.15, -0.1) is 0 Å². The molecule has 17 heavy (non-hydrogen) atoms. The molecule has 0 radical (unpaired) electrons. The van der Waals surface area contributed by atoms with Crippen molar-refractivity contribution in [3.05, 3.63) is 11.6 Å². The Bertz CT molecular complexity index is 459. The normalized spacial score (nSPS) is 14.2. The fraction of sp³-hybridized carbons (Fsp3) is 0.222. The molecule has 0 aromatic heterocycles. The van der Waals surface area contributed by atoms with Gasteiger partial charge in [0.05, 0.1) is 5.56 Å². The largest absolute Gasteiger partial charge is 0.507 e. The molecule has 0 saturated heterocycles. The summed E-state index contributed by atoms with van der Waals surface area (Å²) in [6, 6.07) is -1.17. The first-order valence-corrected chi connectivity index (χ1v) is 4.40. The Balaban J connectivity index is 3.32. The van der Waals surface area contributed by atoms with Crippen molar-refractivity contribution < 1.29 is 35.4 Å². The zero-order valence-corrected chi connectivity index (χ0v) is 8.40. The smallest absolute Gasteiger partial charge is 0.323 e. The maximum atomic E-state index is 10.5. The van der Waals surface area contributed by atoms with Gasteiger partial charge in [-0.2, -0.15) is 0 Å². The van der Waals surface area contributed by atoms with Crippen molar-refractivity contribution in [3.8, 4) is 23.0 Å². The number of nitrogens with two attached hydrogens (primary N) is 1. The minimum Gasteiger partial charge on any atom is -0.507 e. The van der Waals surface area contributed by atoms with Crippen LogP contribution in [0, 0.1) is 0 Å². The molecule has 2 unspecified atom stereocenters. The number of phenolic OH excluding ortho intramolecular Hbond substituents is 4. The number of aromatic hydroxyl groups is 4. The Labute approximate surface area is 94.8 Å².